The lowest BCUT2D eigenvalue weighted by Gasteiger charge is -2.65. The fourth-order valence-corrected chi connectivity index (χ4v) is 10.2. The smallest absolute Gasteiger partial charge is 0.335 e. The first-order chi connectivity index (χ1) is 25.0. The lowest BCUT2D eigenvalue weighted by molar-refractivity contribution is -0.386. The largest absolute Gasteiger partial charge is 0.482 e. The van der Waals surface area contributed by atoms with Crippen LogP contribution in [0.2, 0.25) is 0 Å². The van der Waals surface area contributed by atoms with Gasteiger partial charge in [-0.2, -0.15) is 0 Å². The molecule has 0 amide bonds. The zero-order valence-electron chi connectivity index (χ0n) is 29.3. The second-order valence-corrected chi connectivity index (χ2v) is 15.8. The van der Waals surface area contributed by atoms with Crippen LogP contribution in [0, 0.1) is 26.9 Å². The van der Waals surface area contributed by atoms with Crippen molar-refractivity contribution in [1.82, 2.24) is 0 Å². The van der Waals surface area contributed by atoms with Gasteiger partial charge < -0.3 is 19.3 Å². The number of aromatic carboxylic acids is 1. The quantitative estimate of drug-likeness (QED) is 0.108. The summed E-state index contributed by atoms with van der Waals surface area (Å²) in [5.41, 5.74) is 4.45. The Morgan fingerprint density at radius 3 is 2.12 bits per heavy atom. The maximum absolute atomic E-state index is 11.9. The first-order valence-corrected chi connectivity index (χ1v) is 17.9. The molecule has 8 heteroatoms. The number of benzene rings is 5. The molecule has 52 heavy (non-hydrogen) atoms. The van der Waals surface area contributed by atoms with Crippen LogP contribution in [0.5, 0.6) is 28.7 Å². The molecule has 1 N–H and O–H groups in total. The zero-order chi connectivity index (χ0) is 36.1. The summed E-state index contributed by atoms with van der Waals surface area (Å²) in [5.74, 6) is 2.14. The van der Waals surface area contributed by atoms with Crippen LogP contribution in [0.4, 0.5) is 5.69 Å². The summed E-state index contributed by atoms with van der Waals surface area (Å²) in [4.78, 5) is 23.0. The molecule has 0 heterocycles. The summed E-state index contributed by atoms with van der Waals surface area (Å²) in [6, 6.07) is 34.8. The third kappa shape index (κ3) is 6.49. The van der Waals surface area contributed by atoms with Crippen molar-refractivity contribution in [2.24, 2.45) is 16.7 Å². The third-order valence-corrected chi connectivity index (χ3v) is 11.3. The van der Waals surface area contributed by atoms with E-state index in [1.807, 2.05) is 54.6 Å². The Kier molecular flexibility index (Phi) is 8.28. The van der Waals surface area contributed by atoms with Gasteiger partial charge in [-0.1, -0.05) is 74.5 Å². The summed E-state index contributed by atoms with van der Waals surface area (Å²) >= 11 is 0. The van der Waals surface area contributed by atoms with Crippen LogP contribution in [0.3, 0.4) is 0 Å². The van der Waals surface area contributed by atoms with Crippen LogP contribution in [0.25, 0.3) is 11.1 Å². The number of nitrogens with zero attached hydrogens (tertiary/aromatic N) is 1. The Bertz CT molecular complexity index is 2140. The fourth-order valence-electron chi connectivity index (χ4n) is 10.2. The van der Waals surface area contributed by atoms with Crippen molar-refractivity contribution in [3.63, 3.8) is 0 Å². The van der Waals surface area contributed by atoms with Crippen molar-refractivity contribution in [3.05, 3.63) is 142 Å². The number of carboxylic acid groups (broad SMARTS) is 1. The van der Waals surface area contributed by atoms with Crippen molar-refractivity contribution in [3.8, 4) is 39.9 Å². The maximum atomic E-state index is 11.9. The van der Waals surface area contributed by atoms with E-state index in [2.05, 4.69) is 32.0 Å². The molecule has 0 radical (unpaired) electrons. The van der Waals surface area contributed by atoms with Gasteiger partial charge in [0.05, 0.1) is 10.5 Å². The minimum Gasteiger partial charge on any atom is -0.482 e. The summed E-state index contributed by atoms with van der Waals surface area (Å²) in [6.45, 7) is 5.11. The number of ether oxygens (including phenoxy) is 3. The van der Waals surface area contributed by atoms with Crippen molar-refractivity contribution in [2.75, 3.05) is 0 Å². The first-order valence-electron chi connectivity index (χ1n) is 17.9. The van der Waals surface area contributed by atoms with Crippen LogP contribution >= 0.6 is 0 Å². The molecule has 0 saturated heterocycles. The second-order valence-electron chi connectivity index (χ2n) is 15.8. The maximum Gasteiger partial charge on any atom is 0.335 e. The predicted molar refractivity (Wildman–Crippen MR) is 198 cm³/mol. The molecule has 264 valence electrons. The average molecular weight is 696 g/mol. The second kappa shape index (κ2) is 12.9. The van der Waals surface area contributed by atoms with Crippen LogP contribution in [0.1, 0.15) is 73.9 Å². The molecule has 5 aromatic rings. The lowest BCUT2D eigenvalue weighted by atomic mass is 9.39. The van der Waals surface area contributed by atoms with E-state index < -0.39 is 10.9 Å². The molecule has 4 fully saturated rings. The highest BCUT2D eigenvalue weighted by Gasteiger charge is 2.61. The number of nitro benzene ring substituents is 1. The molecule has 2 unspecified atom stereocenters. The molecule has 4 saturated carbocycles. The van der Waals surface area contributed by atoms with Gasteiger partial charge in [-0.25, -0.2) is 4.79 Å². The predicted octanol–water partition coefficient (Wildman–Crippen LogP) is 11.4. The lowest BCUT2D eigenvalue weighted by Crippen LogP contribution is -2.56. The molecule has 8 nitrogen and oxygen atoms in total. The van der Waals surface area contributed by atoms with E-state index in [4.69, 9.17) is 14.2 Å². The molecule has 2 atom stereocenters. The minimum atomic E-state index is -0.983. The number of carboxylic acids is 1. The SMILES string of the molecule is CC12CC3CC(C)(C1)CC(c1ccc(-c4ccccc4Oc4ccc([N+](=O)[O-])c(OCc5ccccc5)c4)cc1Oc1ccc(C(=O)O)cc1)(C3)C2. The summed E-state index contributed by atoms with van der Waals surface area (Å²) in [7, 11) is 0. The molecule has 4 bridgehead atoms. The molecule has 0 spiro atoms. The standard InChI is InChI=1S/C44H41NO7/c1-42-22-30-23-43(2,26-42)28-44(24-30,27-42)36-18-14-32(20-39(36)51-33-15-12-31(13-16-33)41(46)47)35-10-6-7-11-38(35)52-34-17-19-37(45(48)49)40(21-34)50-25-29-8-4-3-5-9-29/h3-21,30H,22-28H2,1-2H3,(H,46,47). The molecular weight excluding hydrogens is 654 g/mol. The van der Waals surface area contributed by atoms with E-state index >= 15 is 0 Å². The van der Waals surface area contributed by atoms with Crippen LogP contribution < -0.4 is 14.2 Å². The van der Waals surface area contributed by atoms with Gasteiger partial charge in [0, 0.05) is 28.7 Å². The zero-order valence-corrected chi connectivity index (χ0v) is 29.3. The van der Waals surface area contributed by atoms with Gasteiger partial charge in [0.1, 0.15) is 29.6 Å². The van der Waals surface area contributed by atoms with E-state index in [0.29, 0.717) is 34.0 Å². The van der Waals surface area contributed by atoms with Gasteiger partial charge >= 0.3 is 11.7 Å². The van der Waals surface area contributed by atoms with E-state index in [1.54, 1.807) is 36.4 Å². The average Bonchev–Trinajstić information content (AvgIpc) is 3.10. The van der Waals surface area contributed by atoms with Crippen molar-refractivity contribution >= 4 is 11.7 Å². The van der Waals surface area contributed by atoms with Crippen LogP contribution in [0.15, 0.2) is 115 Å². The van der Waals surface area contributed by atoms with Gasteiger partial charge in [-0.05, 0) is 109 Å². The molecular formula is C44H41NO7. The van der Waals surface area contributed by atoms with E-state index in [0.717, 1.165) is 41.7 Å². The van der Waals surface area contributed by atoms with E-state index in [9.17, 15) is 20.0 Å². The number of hydrogen-bond donors (Lipinski definition) is 1. The summed E-state index contributed by atoms with van der Waals surface area (Å²) in [6.07, 6.45) is 7.20. The molecule has 9 rings (SSSR count). The van der Waals surface area contributed by atoms with Crippen LogP contribution in [-0.4, -0.2) is 16.0 Å². The molecule has 4 aliphatic rings. The number of nitro groups is 1. The van der Waals surface area contributed by atoms with Gasteiger partial charge in [-0.3, -0.25) is 10.1 Å². The van der Waals surface area contributed by atoms with Crippen molar-refractivity contribution in [2.45, 2.75) is 64.4 Å². The Morgan fingerprint density at radius 2 is 1.42 bits per heavy atom. The van der Waals surface area contributed by atoms with Gasteiger partial charge in [-0.15, -0.1) is 0 Å². The molecule has 5 aromatic carbocycles. The van der Waals surface area contributed by atoms with Crippen molar-refractivity contribution < 1.29 is 29.0 Å². The minimum absolute atomic E-state index is 0.0112. The van der Waals surface area contributed by atoms with E-state index in [-0.39, 0.29) is 29.0 Å². The molecule has 0 aromatic heterocycles. The Morgan fingerprint density at radius 1 is 0.750 bits per heavy atom. The van der Waals surface area contributed by atoms with Gasteiger partial charge in [0.15, 0.2) is 0 Å². The third-order valence-electron chi connectivity index (χ3n) is 11.3. The van der Waals surface area contributed by atoms with Gasteiger partial charge in [0.2, 0.25) is 5.75 Å². The summed E-state index contributed by atoms with van der Waals surface area (Å²) < 4.78 is 19.1. The highest BCUT2D eigenvalue weighted by Crippen LogP contribution is 2.70. The highest BCUT2D eigenvalue weighted by atomic mass is 16.6. The number of rotatable bonds is 11. The van der Waals surface area contributed by atoms with Crippen LogP contribution in [-0.2, 0) is 12.0 Å². The van der Waals surface area contributed by atoms with Crippen molar-refractivity contribution in [1.29, 1.82) is 0 Å². The highest BCUT2D eigenvalue weighted by molar-refractivity contribution is 5.87. The molecule has 0 aliphatic heterocycles. The fraction of sp³-hybridized carbons (Fsp3) is 0.295. The van der Waals surface area contributed by atoms with E-state index in [1.165, 1.54) is 30.9 Å². The topological polar surface area (TPSA) is 108 Å². The first kappa shape index (κ1) is 33.5. The number of para-hydroxylation sites is 1. The number of hydrogen-bond acceptors (Lipinski definition) is 6. The summed E-state index contributed by atoms with van der Waals surface area (Å²) in [5, 5.41) is 21.3. The monoisotopic (exact) mass is 695 g/mol. The number of carbonyl (C=O) groups is 1. The Labute approximate surface area is 303 Å². The van der Waals surface area contributed by atoms with Gasteiger partial charge in [0.25, 0.3) is 0 Å². The Hall–Kier alpha value is -5.63. The Balaban J connectivity index is 1.15. The molecule has 4 aliphatic carbocycles. The normalized spacial score (nSPS) is 24.3.